The van der Waals surface area contributed by atoms with Gasteiger partial charge in [0.1, 0.15) is 0 Å². The highest BCUT2D eigenvalue weighted by atomic mass is 19.4. The minimum Gasteiger partial charge on any atom is -0.481 e. The van der Waals surface area contributed by atoms with E-state index in [1.165, 1.54) is 20.4 Å². The third-order valence-corrected chi connectivity index (χ3v) is 3.41. The lowest BCUT2D eigenvalue weighted by Gasteiger charge is -2.13. The van der Waals surface area contributed by atoms with Crippen LogP contribution in [0.4, 0.5) is 13.2 Å². The lowest BCUT2D eigenvalue weighted by Crippen LogP contribution is -2.05. The van der Waals surface area contributed by atoms with Gasteiger partial charge in [-0.2, -0.15) is 23.3 Å². The number of benzene rings is 1. The zero-order valence-electron chi connectivity index (χ0n) is 12.2. The first kappa shape index (κ1) is 15.1. The molecule has 0 aliphatic carbocycles. The molecule has 3 aromatic rings. The molecule has 0 atom stereocenters. The molecule has 0 aliphatic heterocycles. The molecular formula is C15H12F3N3O2. The van der Waals surface area contributed by atoms with Gasteiger partial charge in [0.05, 0.1) is 31.5 Å². The summed E-state index contributed by atoms with van der Waals surface area (Å²) < 4.78 is 49.6. The fourth-order valence-electron chi connectivity index (χ4n) is 2.34. The number of aromatic amines is 1. The second-order valence-corrected chi connectivity index (χ2v) is 4.76. The van der Waals surface area contributed by atoms with E-state index in [1.807, 2.05) is 0 Å². The Kier molecular flexibility index (Phi) is 3.59. The van der Waals surface area contributed by atoms with E-state index in [2.05, 4.69) is 15.2 Å². The first-order chi connectivity index (χ1) is 10.9. The summed E-state index contributed by atoms with van der Waals surface area (Å²) in [5.74, 6) is 0.479. The lowest BCUT2D eigenvalue weighted by molar-refractivity contribution is -0.137. The summed E-state index contributed by atoms with van der Waals surface area (Å²) >= 11 is 0. The van der Waals surface area contributed by atoms with E-state index in [9.17, 15) is 13.2 Å². The normalized spacial score (nSPS) is 11.7. The number of alkyl halides is 3. The topological polar surface area (TPSA) is 60.0 Å². The summed E-state index contributed by atoms with van der Waals surface area (Å²) in [5, 5.41) is 6.93. The van der Waals surface area contributed by atoms with Crippen molar-refractivity contribution in [2.45, 2.75) is 6.18 Å². The highest BCUT2D eigenvalue weighted by Crippen LogP contribution is 2.39. The maximum Gasteiger partial charge on any atom is 0.416 e. The number of nitrogens with one attached hydrogen (secondary N) is 1. The first-order valence-corrected chi connectivity index (χ1v) is 6.57. The molecule has 0 amide bonds. The van der Waals surface area contributed by atoms with Gasteiger partial charge in [0.25, 0.3) is 0 Å². The number of pyridine rings is 1. The number of rotatable bonds is 3. The summed E-state index contributed by atoms with van der Waals surface area (Å²) in [7, 11) is 2.84. The van der Waals surface area contributed by atoms with Crippen molar-refractivity contribution in [3.63, 3.8) is 0 Å². The maximum absolute atomic E-state index is 13.1. The largest absolute Gasteiger partial charge is 0.481 e. The van der Waals surface area contributed by atoms with E-state index in [-0.39, 0.29) is 11.4 Å². The van der Waals surface area contributed by atoms with Gasteiger partial charge in [0, 0.05) is 17.0 Å². The van der Waals surface area contributed by atoms with Crippen molar-refractivity contribution < 1.29 is 22.6 Å². The van der Waals surface area contributed by atoms with Crippen LogP contribution in [0.5, 0.6) is 11.8 Å². The molecule has 0 saturated carbocycles. The van der Waals surface area contributed by atoms with Gasteiger partial charge in [-0.1, -0.05) is 0 Å². The Morgan fingerprint density at radius 1 is 1.04 bits per heavy atom. The van der Waals surface area contributed by atoms with Crippen LogP contribution in [0, 0.1) is 0 Å². The van der Waals surface area contributed by atoms with Crippen LogP contribution in [0.3, 0.4) is 0 Å². The molecular weight excluding hydrogens is 311 g/mol. The third-order valence-electron chi connectivity index (χ3n) is 3.41. The number of aromatic nitrogens is 3. The molecule has 1 aromatic carbocycles. The Morgan fingerprint density at radius 3 is 2.48 bits per heavy atom. The van der Waals surface area contributed by atoms with Crippen molar-refractivity contribution >= 4 is 10.9 Å². The monoisotopic (exact) mass is 323 g/mol. The summed E-state index contributed by atoms with van der Waals surface area (Å²) in [6.07, 6.45) is -3.00. The maximum atomic E-state index is 13.1. The van der Waals surface area contributed by atoms with E-state index in [1.54, 1.807) is 12.1 Å². The molecule has 0 unspecified atom stereocenters. The third kappa shape index (κ3) is 2.67. The van der Waals surface area contributed by atoms with Crippen molar-refractivity contribution in [3.8, 4) is 22.9 Å². The van der Waals surface area contributed by atoms with E-state index < -0.39 is 11.7 Å². The highest BCUT2D eigenvalue weighted by molar-refractivity contribution is 5.96. The van der Waals surface area contributed by atoms with Crippen LogP contribution >= 0.6 is 0 Å². The molecule has 8 heteroatoms. The predicted molar refractivity (Wildman–Crippen MR) is 77.4 cm³/mol. The van der Waals surface area contributed by atoms with E-state index >= 15 is 0 Å². The number of methoxy groups -OCH3 is 2. The number of nitrogens with zero attached hydrogens (tertiary/aromatic N) is 2. The zero-order valence-corrected chi connectivity index (χ0v) is 12.2. The molecule has 3 rings (SSSR count). The van der Waals surface area contributed by atoms with Gasteiger partial charge in [0.15, 0.2) is 0 Å². The molecule has 5 nitrogen and oxygen atoms in total. The van der Waals surface area contributed by atoms with Gasteiger partial charge in [-0.25, -0.2) is 0 Å². The van der Waals surface area contributed by atoms with Crippen LogP contribution in [0.2, 0.25) is 0 Å². The molecule has 0 spiro atoms. The highest BCUT2D eigenvalue weighted by Gasteiger charge is 2.32. The smallest absolute Gasteiger partial charge is 0.416 e. The molecule has 1 N–H and O–H groups in total. The quantitative estimate of drug-likeness (QED) is 0.799. The Labute approximate surface area is 129 Å². The minimum absolute atomic E-state index is 0.172. The summed E-state index contributed by atoms with van der Waals surface area (Å²) in [5.41, 5.74) is 0.260. The van der Waals surface area contributed by atoms with E-state index in [0.717, 1.165) is 12.1 Å². The molecule has 23 heavy (non-hydrogen) atoms. The lowest BCUT2D eigenvalue weighted by atomic mass is 9.99. The summed E-state index contributed by atoms with van der Waals surface area (Å²) in [4.78, 5) is 4.11. The van der Waals surface area contributed by atoms with Crippen LogP contribution < -0.4 is 9.47 Å². The molecule has 0 radical (unpaired) electrons. The van der Waals surface area contributed by atoms with Crippen molar-refractivity contribution in [1.29, 1.82) is 0 Å². The van der Waals surface area contributed by atoms with Gasteiger partial charge >= 0.3 is 6.18 Å². The van der Waals surface area contributed by atoms with Gasteiger partial charge in [-0.3, -0.25) is 5.10 Å². The van der Waals surface area contributed by atoms with Gasteiger partial charge in [-0.05, 0) is 23.8 Å². The van der Waals surface area contributed by atoms with Crippen molar-refractivity contribution in [2.75, 3.05) is 14.2 Å². The Balaban J connectivity index is 2.29. The molecule has 2 aromatic heterocycles. The number of H-pyrrole nitrogens is 1. The van der Waals surface area contributed by atoms with Crippen LogP contribution in [0.1, 0.15) is 5.56 Å². The average molecular weight is 323 g/mol. The second-order valence-electron chi connectivity index (χ2n) is 4.76. The Hall–Kier alpha value is -2.77. The number of halogens is 3. The molecule has 120 valence electrons. The van der Waals surface area contributed by atoms with E-state index in [0.29, 0.717) is 22.4 Å². The van der Waals surface area contributed by atoms with Gasteiger partial charge < -0.3 is 9.47 Å². The first-order valence-electron chi connectivity index (χ1n) is 6.57. The zero-order chi connectivity index (χ0) is 16.6. The van der Waals surface area contributed by atoms with Crippen molar-refractivity contribution in [3.05, 3.63) is 36.0 Å². The van der Waals surface area contributed by atoms with Crippen LogP contribution in [0.25, 0.3) is 22.0 Å². The standard InChI is InChI=1S/C15H12F3N3O2/c1-22-13-4-3-9(14(20-13)23-2)10-5-8(15(16,17)18)6-12-11(10)7-19-21-12/h3-7H,1-2H3,(H,19,21). The molecule has 0 fully saturated rings. The molecule has 2 heterocycles. The van der Waals surface area contributed by atoms with Gasteiger partial charge in [-0.15, -0.1) is 0 Å². The summed E-state index contributed by atoms with van der Waals surface area (Å²) in [6, 6.07) is 5.25. The number of hydrogen-bond donors (Lipinski definition) is 1. The second kappa shape index (κ2) is 5.45. The molecule has 0 saturated heterocycles. The fraction of sp³-hybridized carbons (Fsp3) is 0.200. The minimum atomic E-state index is -4.47. The Morgan fingerprint density at radius 2 is 1.83 bits per heavy atom. The predicted octanol–water partition coefficient (Wildman–Crippen LogP) is 3.66. The molecule has 0 aliphatic rings. The average Bonchev–Trinajstić information content (AvgIpc) is 3.01. The van der Waals surface area contributed by atoms with Gasteiger partial charge in [0.2, 0.25) is 11.8 Å². The number of ether oxygens (including phenoxy) is 2. The molecule has 0 bridgehead atoms. The fourth-order valence-corrected chi connectivity index (χ4v) is 2.34. The Bertz CT molecular complexity index is 859. The SMILES string of the molecule is COc1ccc(-c2cc(C(F)(F)F)cc3[nH]ncc23)c(OC)n1. The van der Waals surface area contributed by atoms with Crippen LogP contribution in [-0.2, 0) is 6.18 Å². The number of fused-ring (bicyclic) bond motifs is 1. The van der Waals surface area contributed by atoms with Crippen LogP contribution in [-0.4, -0.2) is 29.4 Å². The van der Waals surface area contributed by atoms with Crippen LogP contribution in [0.15, 0.2) is 30.5 Å². The van der Waals surface area contributed by atoms with Crippen molar-refractivity contribution in [2.24, 2.45) is 0 Å². The number of hydrogen-bond acceptors (Lipinski definition) is 4. The van der Waals surface area contributed by atoms with E-state index in [4.69, 9.17) is 9.47 Å². The van der Waals surface area contributed by atoms with Crippen molar-refractivity contribution in [1.82, 2.24) is 15.2 Å². The summed E-state index contributed by atoms with van der Waals surface area (Å²) in [6.45, 7) is 0.